The molecular formula is C14H24N2O4S. The number of furan rings is 1. The highest BCUT2D eigenvalue weighted by Gasteiger charge is 2.23. The van der Waals surface area contributed by atoms with Crippen molar-refractivity contribution in [2.45, 2.75) is 50.6 Å². The van der Waals surface area contributed by atoms with E-state index < -0.39 is 10.0 Å². The maximum absolute atomic E-state index is 12.2. The van der Waals surface area contributed by atoms with Crippen molar-refractivity contribution in [3.8, 4) is 0 Å². The van der Waals surface area contributed by atoms with Crippen molar-refractivity contribution >= 4 is 10.0 Å². The number of ether oxygens (including phenoxy) is 1. The maximum Gasteiger partial charge on any atom is 0.244 e. The summed E-state index contributed by atoms with van der Waals surface area (Å²) >= 11 is 0. The lowest BCUT2D eigenvalue weighted by atomic mass is 10.4. The standard InChI is InChI=1S/C14H24N2O4S/c1-3-19-8-4-7-16-21(17,18)14-9-13(20-11(14)2)10-15-12-5-6-12/h9,12,15-16H,3-8,10H2,1-2H3. The Balaban J connectivity index is 1.88. The molecule has 7 heteroatoms. The van der Waals surface area contributed by atoms with Crippen LogP contribution in [0.2, 0.25) is 0 Å². The molecule has 0 atom stereocenters. The normalized spacial score (nSPS) is 15.5. The first-order valence-electron chi connectivity index (χ1n) is 7.43. The summed E-state index contributed by atoms with van der Waals surface area (Å²) in [6.07, 6.45) is 3.03. The van der Waals surface area contributed by atoms with Gasteiger partial charge in [0.1, 0.15) is 16.4 Å². The molecule has 1 aliphatic carbocycles. The minimum atomic E-state index is -3.51. The third-order valence-electron chi connectivity index (χ3n) is 3.32. The van der Waals surface area contributed by atoms with Crippen LogP contribution in [0.1, 0.15) is 37.7 Å². The lowest BCUT2D eigenvalue weighted by Gasteiger charge is -2.05. The van der Waals surface area contributed by atoms with E-state index in [1.54, 1.807) is 13.0 Å². The highest BCUT2D eigenvalue weighted by atomic mass is 32.2. The van der Waals surface area contributed by atoms with Gasteiger partial charge in [-0.1, -0.05) is 0 Å². The number of sulfonamides is 1. The molecule has 1 fully saturated rings. The van der Waals surface area contributed by atoms with E-state index in [1.165, 1.54) is 12.8 Å². The van der Waals surface area contributed by atoms with Gasteiger partial charge in [0.05, 0.1) is 6.54 Å². The first-order chi connectivity index (χ1) is 10.0. The van der Waals surface area contributed by atoms with E-state index >= 15 is 0 Å². The summed E-state index contributed by atoms with van der Waals surface area (Å²) in [6.45, 7) is 5.73. The van der Waals surface area contributed by atoms with Crippen molar-refractivity contribution < 1.29 is 17.6 Å². The van der Waals surface area contributed by atoms with Crippen molar-refractivity contribution in [3.63, 3.8) is 0 Å². The first kappa shape index (κ1) is 16.5. The van der Waals surface area contributed by atoms with Gasteiger partial charge in [0.2, 0.25) is 10.0 Å². The summed E-state index contributed by atoms with van der Waals surface area (Å²) in [5.41, 5.74) is 0. The molecule has 2 rings (SSSR count). The maximum atomic E-state index is 12.2. The summed E-state index contributed by atoms with van der Waals surface area (Å²) in [6, 6.07) is 2.17. The summed E-state index contributed by atoms with van der Waals surface area (Å²) in [5.74, 6) is 1.09. The van der Waals surface area contributed by atoms with Gasteiger partial charge in [-0.15, -0.1) is 0 Å². The average Bonchev–Trinajstić information content (AvgIpc) is 3.18. The van der Waals surface area contributed by atoms with Crippen molar-refractivity contribution in [2.75, 3.05) is 19.8 Å². The van der Waals surface area contributed by atoms with Crippen LogP contribution in [-0.2, 0) is 21.3 Å². The first-order valence-corrected chi connectivity index (χ1v) is 8.91. The molecule has 0 aliphatic heterocycles. The Kier molecular flexibility index (Phi) is 5.80. The largest absolute Gasteiger partial charge is 0.464 e. The smallest absolute Gasteiger partial charge is 0.244 e. The monoisotopic (exact) mass is 316 g/mol. The van der Waals surface area contributed by atoms with Gasteiger partial charge in [-0.25, -0.2) is 13.1 Å². The van der Waals surface area contributed by atoms with Crippen LogP contribution in [-0.4, -0.2) is 34.2 Å². The topological polar surface area (TPSA) is 80.6 Å². The highest BCUT2D eigenvalue weighted by Crippen LogP contribution is 2.22. The van der Waals surface area contributed by atoms with Gasteiger partial charge < -0.3 is 14.5 Å². The Morgan fingerprint density at radius 2 is 2.19 bits per heavy atom. The lowest BCUT2D eigenvalue weighted by Crippen LogP contribution is -2.25. The second-order valence-corrected chi connectivity index (χ2v) is 6.97. The van der Waals surface area contributed by atoms with Gasteiger partial charge in [0, 0.05) is 31.9 Å². The van der Waals surface area contributed by atoms with Crippen molar-refractivity contribution in [1.29, 1.82) is 0 Å². The van der Waals surface area contributed by atoms with Gasteiger partial charge in [-0.05, 0) is 33.1 Å². The molecule has 2 N–H and O–H groups in total. The molecule has 0 bridgehead atoms. The van der Waals surface area contributed by atoms with Crippen LogP contribution in [0.4, 0.5) is 0 Å². The molecule has 0 radical (unpaired) electrons. The van der Waals surface area contributed by atoms with E-state index in [0.29, 0.717) is 50.3 Å². The van der Waals surface area contributed by atoms with Crippen LogP contribution >= 0.6 is 0 Å². The molecule has 1 aliphatic rings. The van der Waals surface area contributed by atoms with Crippen LogP contribution in [0.5, 0.6) is 0 Å². The fraction of sp³-hybridized carbons (Fsp3) is 0.714. The van der Waals surface area contributed by atoms with Crippen LogP contribution in [0.15, 0.2) is 15.4 Å². The molecule has 0 amide bonds. The van der Waals surface area contributed by atoms with E-state index in [0.717, 1.165) is 0 Å². The van der Waals surface area contributed by atoms with Gasteiger partial charge in [-0.2, -0.15) is 0 Å². The van der Waals surface area contributed by atoms with Gasteiger partial charge in [0.15, 0.2) is 0 Å². The van der Waals surface area contributed by atoms with E-state index in [2.05, 4.69) is 10.0 Å². The summed E-state index contributed by atoms with van der Waals surface area (Å²) < 4.78 is 37.7. The zero-order chi connectivity index (χ0) is 15.3. The zero-order valence-corrected chi connectivity index (χ0v) is 13.5. The zero-order valence-electron chi connectivity index (χ0n) is 12.6. The molecule has 1 saturated carbocycles. The van der Waals surface area contributed by atoms with Crippen LogP contribution in [0, 0.1) is 6.92 Å². The van der Waals surface area contributed by atoms with Crippen LogP contribution in [0.3, 0.4) is 0 Å². The third kappa shape index (κ3) is 5.10. The minimum absolute atomic E-state index is 0.228. The van der Waals surface area contributed by atoms with Crippen molar-refractivity contribution in [1.82, 2.24) is 10.0 Å². The quantitative estimate of drug-likeness (QED) is 0.640. The molecule has 1 aromatic rings. The summed E-state index contributed by atoms with van der Waals surface area (Å²) in [4.78, 5) is 0.228. The highest BCUT2D eigenvalue weighted by molar-refractivity contribution is 7.89. The second kappa shape index (κ2) is 7.40. The number of hydrogen-bond donors (Lipinski definition) is 2. The second-order valence-electron chi connectivity index (χ2n) is 5.24. The Morgan fingerprint density at radius 1 is 1.43 bits per heavy atom. The molecule has 0 unspecified atom stereocenters. The Labute approximate surface area is 126 Å². The minimum Gasteiger partial charge on any atom is -0.464 e. The molecule has 0 aromatic carbocycles. The molecular weight excluding hydrogens is 292 g/mol. The third-order valence-corrected chi connectivity index (χ3v) is 4.89. The number of rotatable bonds is 10. The fourth-order valence-corrected chi connectivity index (χ4v) is 3.29. The van der Waals surface area contributed by atoms with Gasteiger partial charge in [0.25, 0.3) is 0 Å². The molecule has 21 heavy (non-hydrogen) atoms. The SMILES string of the molecule is CCOCCCNS(=O)(=O)c1cc(CNC2CC2)oc1C. The predicted molar refractivity (Wildman–Crippen MR) is 79.6 cm³/mol. The fourth-order valence-electron chi connectivity index (χ4n) is 2.01. The molecule has 0 saturated heterocycles. The summed E-state index contributed by atoms with van der Waals surface area (Å²) in [7, 11) is -3.51. The van der Waals surface area contributed by atoms with Gasteiger partial charge >= 0.3 is 0 Å². The number of nitrogens with one attached hydrogen (secondary N) is 2. The van der Waals surface area contributed by atoms with Crippen LogP contribution < -0.4 is 10.0 Å². The van der Waals surface area contributed by atoms with E-state index in [9.17, 15) is 8.42 Å². The Bertz CT molecular complexity index is 549. The number of aryl methyl sites for hydroxylation is 1. The molecule has 1 heterocycles. The van der Waals surface area contributed by atoms with Crippen molar-refractivity contribution in [2.24, 2.45) is 0 Å². The Hall–Kier alpha value is -0.890. The Morgan fingerprint density at radius 3 is 2.86 bits per heavy atom. The average molecular weight is 316 g/mol. The van der Waals surface area contributed by atoms with E-state index in [1.807, 2.05) is 6.92 Å². The molecule has 120 valence electrons. The predicted octanol–water partition coefficient (Wildman–Crippen LogP) is 1.54. The van der Waals surface area contributed by atoms with E-state index in [-0.39, 0.29) is 4.90 Å². The van der Waals surface area contributed by atoms with Gasteiger partial charge in [-0.3, -0.25) is 0 Å². The molecule has 1 aromatic heterocycles. The number of hydrogen-bond acceptors (Lipinski definition) is 5. The summed E-state index contributed by atoms with van der Waals surface area (Å²) in [5, 5.41) is 3.31. The van der Waals surface area contributed by atoms with Crippen molar-refractivity contribution in [3.05, 3.63) is 17.6 Å². The molecule has 0 spiro atoms. The van der Waals surface area contributed by atoms with Crippen LogP contribution in [0.25, 0.3) is 0 Å². The molecule has 6 nitrogen and oxygen atoms in total. The van der Waals surface area contributed by atoms with E-state index in [4.69, 9.17) is 9.15 Å². The lowest BCUT2D eigenvalue weighted by molar-refractivity contribution is 0.146.